The highest BCUT2D eigenvalue weighted by Crippen LogP contribution is 2.45. The number of pyridine rings is 1. The normalized spacial score (nSPS) is 11.9. The predicted octanol–water partition coefficient (Wildman–Crippen LogP) is 13.1. The highest BCUT2D eigenvalue weighted by Gasteiger charge is 2.23. The van der Waals surface area contributed by atoms with Gasteiger partial charge in [-0.3, -0.25) is 0 Å². The third-order valence-electron chi connectivity index (χ3n) is 11.4. The lowest BCUT2D eigenvalue weighted by Crippen LogP contribution is -2.01. The van der Waals surface area contributed by atoms with Crippen LogP contribution in [0.1, 0.15) is 0 Å². The van der Waals surface area contributed by atoms with E-state index >= 15 is 0 Å². The van der Waals surface area contributed by atoms with Crippen LogP contribution in [0.5, 0.6) is 0 Å². The van der Waals surface area contributed by atoms with E-state index in [2.05, 4.69) is 132 Å². The van der Waals surface area contributed by atoms with E-state index in [9.17, 15) is 0 Å². The van der Waals surface area contributed by atoms with Crippen LogP contribution in [0.2, 0.25) is 0 Å². The second kappa shape index (κ2) is 12.4. The SMILES string of the molecule is c1ccc(-c2nc(-c3ccccc3)nc(-c3ccc(-n4c5ccccc5c5c6ccccc6nc(-c6ccc7ccc8cccc9ccc6c7c89)c54)cc3)n2)cc1. The molecule has 0 saturated heterocycles. The summed E-state index contributed by atoms with van der Waals surface area (Å²) in [6.45, 7) is 0. The van der Waals surface area contributed by atoms with Crippen molar-refractivity contribution < 1.29 is 0 Å². The van der Waals surface area contributed by atoms with E-state index in [0.29, 0.717) is 17.5 Å². The van der Waals surface area contributed by atoms with Crippen LogP contribution in [-0.2, 0) is 0 Å². The Morgan fingerprint density at radius 2 is 0.877 bits per heavy atom. The Labute approximate surface area is 327 Å². The second-order valence-electron chi connectivity index (χ2n) is 14.6. The minimum atomic E-state index is 0.624. The van der Waals surface area contributed by atoms with Crippen molar-refractivity contribution in [2.24, 2.45) is 0 Å². The number of rotatable bonds is 5. The van der Waals surface area contributed by atoms with Gasteiger partial charge in [-0.05, 0) is 68.7 Å². The number of benzene rings is 9. The third kappa shape index (κ3) is 4.89. The lowest BCUT2D eigenvalue weighted by Gasteiger charge is -2.17. The Balaban J connectivity index is 1.11. The zero-order chi connectivity index (χ0) is 37.5. The van der Waals surface area contributed by atoms with Crippen molar-refractivity contribution in [1.29, 1.82) is 0 Å². The van der Waals surface area contributed by atoms with Crippen molar-refractivity contribution in [3.63, 3.8) is 0 Å². The molecule has 264 valence electrons. The molecule has 3 aromatic heterocycles. The summed E-state index contributed by atoms with van der Waals surface area (Å²) in [6, 6.07) is 66.2. The molecule has 12 rings (SSSR count). The van der Waals surface area contributed by atoms with Crippen LogP contribution < -0.4 is 0 Å². The molecule has 9 aromatic carbocycles. The fourth-order valence-corrected chi connectivity index (χ4v) is 8.79. The maximum Gasteiger partial charge on any atom is 0.164 e. The average Bonchev–Trinajstić information content (AvgIpc) is 3.64. The molecule has 0 saturated carbocycles. The number of hydrogen-bond donors (Lipinski definition) is 0. The molecule has 3 heterocycles. The van der Waals surface area contributed by atoms with Gasteiger partial charge in [-0.1, -0.05) is 152 Å². The number of nitrogens with zero attached hydrogens (tertiary/aromatic N) is 5. The van der Waals surface area contributed by atoms with Crippen LogP contribution in [0.25, 0.3) is 116 Å². The molecule has 0 N–H and O–H groups in total. The van der Waals surface area contributed by atoms with E-state index in [1.54, 1.807) is 0 Å². The molecule has 0 aliphatic heterocycles. The van der Waals surface area contributed by atoms with E-state index in [1.165, 1.54) is 43.1 Å². The molecular weight excluding hydrogens is 695 g/mol. The molecule has 5 nitrogen and oxygen atoms in total. The standard InChI is InChI=1S/C52H31N5/c1-3-12-35(13-4-1)50-54-51(36-14-5-2-6-15-36)56-52(55-50)37-24-28-38(29-25-37)57-44-21-10-8-19-42(44)47-41-18-7-9-20-43(41)53-48(49(47)57)40-31-27-34-23-22-32-16-11-17-33-26-30-39(40)46(34)45(32)33/h1-31H. The van der Waals surface area contributed by atoms with Gasteiger partial charge in [-0.15, -0.1) is 0 Å². The fourth-order valence-electron chi connectivity index (χ4n) is 8.79. The van der Waals surface area contributed by atoms with Gasteiger partial charge in [0, 0.05) is 44.1 Å². The molecule has 5 heteroatoms. The molecule has 0 fully saturated rings. The molecule has 12 aromatic rings. The Hall–Kier alpha value is -7.76. The van der Waals surface area contributed by atoms with Gasteiger partial charge < -0.3 is 4.57 Å². The fraction of sp³-hybridized carbons (Fsp3) is 0. The van der Waals surface area contributed by atoms with Gasteiger partial charge in [-0.25, -0.2) is 19.9 Å². The Kier molecular flexibility index (Phi) is 6.86. The van der Waals surface area contributed by atoms with Crippen molar-refractivity contribution in [2.45, 2.75) is 0 Å². The lowest BCUT2D eigenvalue weighted by atomic mass is 9.90. The maximum atomic E-state index is 5.53. The molecule has 0 amide bonds. The first-order chi connectivity index (χ1) is 28.3. The molecular formula is C52H31N5. The zero-order valence-corrected chi connectivity index (χ0v) is 30.6. The summed E-state index contributed by atoms with van der Waals surface area (Å²) in [4.78, 5) is 20.4. The summed E-state index contributed by atoms with van der Waals surface area (Å²) in [6.07, 6.45) is 0. The van der Waals surface area contributed by atoms with Crippen LogP contribution in [0.3, 0.4) is 0 Å². The summed E-state index contributed by atoms with van der Waals surface area (Å²) in [5.41, 5.74) is 9.07. The van der Waals surface area contributed by atoms with E-state index in [1.807, 2.05) is 60.7 Å². The van der Waals surface area contributed by atoms with Gasteiger partial charge in [-0.2, -0.15) is 0 Å². The summed E-state index contributed by atoms with van der Waals surface area (Å²) >= 11 is 0. The van der Waals surface area contributed by atoms with Crippen molar-refractivity contribution in [3.8, 4) is 51.1 Å². The molecule has 0 atom stereocenters. The number of fused-ring (bicyclic) bond motifs is 5. The van der Waals surface area contributed by atoms with E-state index in [-0.39, 0.29) is 0 Å². The Morgan fingerprint density at radius 1 is 0.333 bits per heavy atom. The van der Waals surface area contributed by atoms with Crippen molar-refractivity contribution in [1.82, 2.24) is 24.5 Å². The summed E-state index contributed by atoms with van der Waals surface area (Å²) < 4.78 is 2.39. The second-order valence-corrected chi connectivity index (χ2v) is 14.6. The van der Waals surface area contributed by atoms with Gasteiger partial charge in [0.15, 0.2) is 17.5 Å². The molecule has 0 spiro atoms. The van der Waals surface area contributed by atoms with E-state index in [4.69, 9.17) is 19.9 Å². The van der Waals surface area contributed by atoms with Crippen LogP contribution in [0.15, 0.2) is 188 Å². The minimum absolute atomic E-state index is 0.624. The van der Waals surface area contributed by atoms with Crippen molar-refractivity contribution in [3.05, 3.63) is 188 Å². The third-order valence-corrected chi connectivity index (χ3v) is 11.4. The van der Waals surface area contributed by atoms with Crippen LogP contribution >= 0.6 is 0 Å². The van der Waals surface area contributed by atoms with Crippen LogP contribution in [0, 0.1) is 0 Å². The summed E-state index contributed by atoms with van der Waals surface area (Å²) in [7, 11) is 0. The average molecular weight is 726 g/mol. The lowest BCUT2D eigenvalue weighted by molar-refractivity contribution is 1.07. The van der Waals surface area contributed by atoms with Crippen LogP contribution in [0.4, 0.5) is 0 Å². The Morgan fingerprint density at radius 3 is 1.56 bits per heavy atom. The highest BCUT2D eigenvalue weighted by molar-refractivity contribution is 6.28. The van der Waals surface area contributed by atoms with E-state index in [0.717, 1.165) is 55.6 Å². The van der Waals surface area contributed by atoms with E-state index < -0.39 is 0 Å². The molecule has 0 aliphatic carbocycles. The van der Waals surface area contributed by atoms with Crippen LogP contribution in [-0.4, -0.2) is 24.5 Å². The number of para-hydroxylation sites is 2. The quantitative estimate of drug-likeness (QED) is 0.166. The first kappa shape index (κ1) is 31.6. The monoisotopic (exact) mass is 725 g/mol. The maximum absolute atomic E-state index is 5.53. The molecule has 0 bridgehead atoms. The molecule has 0 aliphatic rings. The van der Waals surface area contributed by atoms with Gasteiger partial charge in [0.25, 0.3) is 0 Å². The van der Waals surface area contributed by atoms with Crippen molar-refractivity contribution >= 4 is 65.0 Å². The molecule has 0 radical (unpaired) electrons. The van der Waals surface area contributed by atoms with Gasteiger partial charge >= 0.3 is 0 Å². The number of hydrogen-bond acceptors (Lipinski definition) is 4. The summed E-state index contributed by atoms with van der Waals surface area (Å²) in [5.74, 6) is 1.90. The molecule has 57 heavy (non-hydrogen) atoms. The minimum Gasteiger partial charge on any atom is -0.307 e. The topological polar surface area (TPSA) is 56.5 Å². The first-order valence-corrected chi connectivity index (χ1v) is 19.2. The summed E-state index contributed by atoms with van der Waals surface area (Å²) in [5, 5.41) is 11.0. The van der Waals surface area contributed by atoms with Crippen molar-refractivity contribution in [2.75, 3.05) is 0 Å². The Bertz CT molecular complexity index is 3430. The smallest absolute Gasteiger partial charge is 0.164 e. The predicted molar refractivity (Wildman–Crippen MR) is 235 cm³/mol. The van der Waals surface area contributed by atoms with Gasteiger partial charge in [0.2, 0.25) is 0 Å². The largest absolute Gasteiger partial charge is 0.307 e. The van der Waals surface area contributed by atoms with Gasteiger partial charge in [0.05, 0.1) is 22.2 Å². The zero-order valence-electron chi connectivity index (χ0n) is 30.6. The highest BCUT2D eigenvalue weighted by atomic mass is 15.0. The molecule has 0 unspecified atom stereocenters. The number of aromatic nitrogens is 5. The van der Waals surface area contributed by atoms with Gasteiger partial charge in [0.1, 0.15) is 0 Å². The first-order valence-electron chi connectivity index (χ1n) is 19.2.